The molecule has 1 aliphatic rings. The summed E-state index contributed by atoms with van der Waals surface area (Å²) >= 11 is 0. The Hall–Kier alpha value is -2.67. The van der Waals surface area contributed by atoms with E-state index in [4.69, 9.17) is 5.11 Å². The second-order valence-corrected chi connectivity index (χ2v) is 6.68. The summed E-state index contributed by atoms with van der Waals surface area (Å²) in [4.78, 5) is 29.4. The van der Waals surface area contributed by atoms with Gasteiger partial charge in [0.15, 0.2) is 0 Å². The number of piperidine rings is 1. The fraction of sp³-hybridized carbons (Fsp3) is 0.421. The van der Waals surface area contributed by atoms with Crippen LogP contribution in [0, 0.1) is 0 Å². The number of carbonyl (C=O) groups is 1. The quantitative estimate of drug-likeness (QED) is 0.876. The van der Waals surface area contributed by atoms with Crippen LogP contribution in [0.2, 0.25) is 0 Å². The van der Waals surface area contributed by atoms with Crippen LogP contribution in [-0.4, -0.2) is 49.4 Å². The number of rotatable bonds is 4. The first-order valence-corrected chi connectivity index (χ1v) is 8.78. The third kappa shape index (κ3) is 3.48. The number of amides is 1. The molecule has 0 saturated carbocycles. The average molecular weight is 357 g/mol. The Morgan fingerprint density at radius 2 is 1.92 bits per heavy atom. The summed E-state index contributed by atoms with van der Waals surface area (Å²) in [6.07, 6.45) is 1.65. The smallest absolute Gasteiger partial charge is 0.407 e. The summed E-state index contributed by atoms with van der Waals surface area (Å²) in [6.45, 7) is 2.42. The molecule has 1 atom stereocenters. The molecular weight excluding hydrogens is 334 g/mol. The van der Waals surface area contributed by atoms with Crippen molar-refractivity contribution in [1.82, 2.24) is 14.5 Å². The maximum Gasteiger partial charge on any atom is 0.407 e. The molecule has 0 bridgehead atoms. The van der Waals surface area contributed by atoms with Gasteiger partial charge in [0.05, 0.1) is 23.7 Å². The summed E-state index contributed by atoms with van der Waals surface area (Å²) in [5.74, 6) is 0. The van der Waals surface area contributed by atoms with Crippen molar-refractivity contribution in [2.24, 2.45) is 0 Å². The van der Waals surface area contributed by atoms with E-state index in [0.29, 0.717) is 25.0 Å². The Morgan fingerprint density at radius 1 is 1.27 bits per heavy atom. The zero-order valence-electron chi connectivity index (χ0n) is 14.7. The molecule has 2 heterocycles. The van der Waals surface area contributed by atoms with Gasteiger partial charge in [0.1, 0.15) is 0 Å². The van der Waals surface area contributed by atoms with E-state index in [1.54, 1.807) is 0 Å². The minimum absolute atomic E-state index is 0.222. The summed E-state index contributed by atoms with van der Waals surface area (Å²) in [5, 5.41) is 20.2. The second-order valence-electron chi connectivity index (χ2n) is 6.68. The summed E-state index contributed by atoms with van der Waals surface area (Å²) in [7, 11) is 0. The van der Waals surface area contributed by atoms with Crippen LogP contribution < -0.4 is 5.56 Å². The van der Waals surface area contributed by atoms with E-state index in [1.807, 2.05) is 37.3 Å². The standard InChI is InChI=1S/C19H23N3O4/c1-2-16(19(26)8-10-21(11-9-19)18(24)25)22-13-20-15(12-17(22)23)14-6-4-3-5-7-14/h3-7,12-13,16,26H,2,8-11H2,1H3,(H,24,25). The molecule has 26 heavy (non-hydrogen) atoms. The third-order valence-corrected chi connectivity index (χ3v) is 5.15. The van der Waals surface area contributed by atoms with Crippen molar-refractivity contribution in [3.8, 4) is 11.3 Å². The van der Waals surface area contributed by atoms with Gasteiger partial charge in [0.2, 0.25) is 0 Å². The zero-order valence-corrected chi connectivity index (χ0v) is 14.7. The summed E-state index contributed by atoms with van der Waals surface area (Å²) in [6, 6.07) is 10.5. The number of hydrogen-bond acceptors (Lipinski definition) is 4. The highest BCUT2D eigenvalue weighted by molar-refractivity contribution is 5.65. The van der Waals surface area contributed by atoms with Gasteiger partial charge in [0.25, 0.3) is 5.56 Å². The zero-order chi connectivity index (χ0) is 18.7. The molecule has 138 valence electrons. The van der Waals surface area contributed by atoms with Gasteiger partial charge in [-0.3, -0.25) is 9.36 Å². The number of aliphatic hydroxyl groups is 1. The summed E-state index contributed by atoms with van der Waals surface area (Å²) in [5.41, 5.74) is 0.105. The van der Waals surface area contributed by atoms with Gasteiger partial charge in [0, 0.05) is 24.7 Å². The van der Waals surface area contributed by atoms with Gasteiger partial charge in [-0.25, -0.2) is 9.78 Å². The molecule has 1 saturated heterocycles. The molecular formula is C19H23N3O4. The monoisotopic (exact) mass is 357 g/mol. The van der Waals surface area contributed by atoms with E-state index in [0.717, 1.165) is 5.56 Å². The number of carboxylic acid groups (broad SMARTS) is 1. The van der Waals surface area contributed by atoms with Gasteiger partial charge in [-0.2, -0.15) is 0 Å². The van der Waals surface area contributed by atoms with Crippen molar-refractivity contribution in [3.05, 3.63) is 53.1 Å². The van der Waals surface area contributed by atoms with Crippen molar-refractivity contribution < 1.29 is 15.0 Å². The Kier molecular flexibility index (Phi) is 5.08. The lowest BCUT2D eigenvalue weighted by atomic mass is 9.82. The number of likely N-dealkylation sites (tertiary alicyclic amines) is 1. The maximum absolute atomic E-state index is 12.7. The molecule has 0 aliphatic carbocycles. The predicted octanol–water partition coefficient (Wildman–Crippen LogP) is 2.37. The van der Waals surface area contributed by atoms with Gasteiger partial charge < -0.3 is 15.1 Å². The van der Waals surface area contributed by atoms with Crippen LogP contribution in [0.5, 0.6) is 0 Å². The lowest BCUT2D eigenvalue weighted by molar-refractivity contribution is -0.0596. The van der Waals surface area contributed by atoms with Crippen LogP contribution in [-0.2, 0) is 0 Å². The molecule has 1 aromatic heterocycles. The summed E-state index contributed by atoms with van der Waals surface area (Å²) < 4.78 is 1.48. The van der Waals surface area contributed by atoms with Gasteiger partial charge in [-0.1, -0.05) is 37.3 Å². The molecule has 1 amide bonds. The van der Waals surface area contributed by atoms with E-state index in [-0.39, 0.29) is 18.6 Å². The molecule has 1 aromatic carbocycles. The van der Waals surface area contributed by atoms with Crippen LogP contribution in [0.4, 0.5) is 4.79 Å². The maximum atomic E-state index is 12.7. The molecule has 0 radical (unpaired) electrons. The lowest BCUT2D eigenvalue weighted by Gasteiger charge is -2.42. The Balaban J connectivity index is 1.87. The number of benzene rings is 1. The van der Waals surface area contributed by atoms with Crippen molar-refractivity contribution in [1.29, 1.82) is 0 Å². The fourth-order valence-corrected chi connectivity index (χ4v) is 3.66. The normalized spacial score (nSPS) is 17.7. The van der Waals surface area contributed by atoms with E-state index >= 15 is 0 Å². The Morgan fingerprint density at radius 3 is 2.46 bits per heavy atom. The van der Waals surface area contributed by atoms with E-state index in [2.05, 4.69) is 4.98 Å². The van der Waals surface area contributed by atoms with Crippen LogP contribution >= 0.6 is 0 Å². The highest BCUT2D eigenvalue weighted by atomic mass is 16.4. The molecule has 2 N–H and O–H groups in total. The second kappa shape index (κ2) is 7.29. The molecule has 7 nitrogen and oxygen atoms in total. The van der Waals surface area contributed by atoms with Gasteiger partial charge in [-0.15, -0.1) is 0 Å². The molecule has 2 aromatic rings. The molecule has 7 heteroatoms. The van der Waals surface area contributed by atoms with E-state index in [1.165, 1.54) is 21.9 Å². The largest absolute Gasteiger partial charge is 0.465 e. The van der Waals surface area contributed by atoms with E-state index < -0.39 is 17.7 Å². The van der Waals surface area contributed by atoms with Crippen LogP contribution in [0.3, 0.4) is 0 Å². The van der Waals surface area contributed by atoms with Crippen LogP contribution in [0.15, 0.2) is 47.5 Å². The highest BCUT2D eigenvalue weighted by Crippen LogP contribution is 2.34. The van der Waals surface area contributed by atoms with Crippen molar-refractivity contribution in [2.45, 2.75) is 37.8 Å². The third-order valence-electron chi connectivity index (χ3n) is 5.15. The Bertz CT molecular complexity index is 826. The average Bonchev–Trinajstić information content (AvgIpc) is 2.64. The van der Waals surface area contributed by atoms with E-state index in [9.17, 15) is 14.7 Å². The molecule has 3 rings (SSSR count). The van der Waals surface area contributed by atoms with Crippen molar-refractivity contribution in [2.75, 3.05) is 13.1 Å². The topological polar surface area (TPSA) is 95.7 Å². The van der Waals surface area contributed by atoms with Crippen LogP contribution in [0.1, 0.15) is 32.2 Å². The van der Waals surface area contributed by atoms with Gasteiger partial charge in [-0.05, 0) is 19.3 Å². The number of hydrogen-bond donors (Lipinski definition) is 2. The molecule has 1 aliphatic heterocycles. The molecule has 1 fully saturated rings. The molecule has 0 spiro atoms. The SMILES string of the molecule is CCC(n1cnc(-c2ccccc2)cc1=O)C1(O)CCN(C(=O)O)CC1. The van der Waals surface area contributed by atoms with Crippen molar-refractivity contribution >= 4 is 6.09 Å². The van der Waals surface area contributed by atoms with Gasteiger partial charge >= 0.3 is 6.09 Å². The first-order valence-electron chi connectivity index (χ1n) is 8.78. The lowest BCUT2D eigenvalue weighted by Crippen LogP contribution is -2.51. The van der Waals surface area contributed by atoms with Crippen LogP contribution in [0.25, 0.3) is 11.3 Å². The van der Waals surface area contributed by atoms with Crippen molar-refractivity contribution in [3.63, 3.8) is 0 Å². The molecule has 1 unspecified atom stereocenters. The fourth-order valence-electron chi connectivity index (χ4n) is 3.66. The minimum Gasteiger partial charge on any atom is -0.465 e. The Labute approximate surface area is 151 Å². The number of aromatic nitrogens is 2. The predicted molar refractivity (Wildman–Crippen MR) is 97.0 cm³/mol. The highest BCUT2D eigenvalue weighted by Gasteiger charge is 2.41. The minimum atomic E-state index is -1.12. The first-order chi connectivity index (χ1) is 12.4. The first kappa shape index (κ1) is 18.1. The number of nitrogens with zero attached hydrogens (tertiary/aromatic N) is 3.